The highest BCUT2D eigenvalue weighted by Crippen LogP contribution is 2.33. The summed E-state index contributed by atoms with van der Waals surface area (Å²) in [5.41, 5.74) is 3.22. The van der Waals surface area contributed by atoms with Gasteiger partial charge >= 0.3 is 0 Å². The lowest BCUT2D eigenvalue weighted by atomic mass is 10.0. The van der Waals surface area contributed by atoms with Gasteiger partial charge in [-0.25, -0.2) is 0 Å². The molecule has 0 spiro atoms. The fraction of sp³-hybridized carbons (Fsp3) is 0.333. The van der Waals surface area contributed by atoms with Crippen LogP contribution in [0.3, 0.4) is 0 Å². The number of ketones is 1. The average Bonchev–Trinajstić information content (AvgIpc) is 2.79. The van der Waals surface area contributed by atoms with Gasteiger partial charge in [-0.05, 0) is 37.5 Å². The van der Waals surface area contributed by atoms with Crippen molar-refractivity contribution in [3.63, 3.8) is 0 Å². The molecule has 0 aromatic heterocycles. The Labute approximate surface area is 130 Å². The summed E-state index contributed by atoms with van der Waals surface area (Å²) in [5.74, 6) is -0.775. The van der Waals surface area contributed by atoms with Crippen LogP contribution in [0, 0.1) is 0 Å². The van der Waals surface area contributed by atoms with Gasteiger partial charge in [0.15, 0.2) is 0 Å². The van der Waals surface area contributed by atoms with Crippen molar-refractivity contribution in [3.8, 4) is 0 Å². The predicted molar refractivity (Wildman–Crippen MR) is 86.8 cm³/mol. The van der Waals surface area contributed by atoms with Crippen molar-refractivity contribution in [1.82, 2.24) is 4.90 Å². The Morgan fingerprint density at radius 1 is 1.14 bits per heavy atom. The number of carbonyl (C=O) groups excluding carboxylic acids is 2. The zero-order chi connectivity index (χ0) is 15.9. The molecule has 0 N–H and O–H groups in total. The number of rotatable bonds is 3. The number of allylic oxidation sites excluding steroid dienone is 1. The molecule has 0 bridgehead atoms. The highest BCUT2D eigenvalue weighted by atomic mass is 16.2. The van der Waals surface area contributed by atoms with Gasteiger partial charge in [0, 0.05) is 24.8 Å². The van der Waals surface area contributed by atoms with Crippen molar-refractivity contribution >= 4 is 17.4 Å². The van der Waals surface area contributed by atoms with Crippen molar-refractivity contribution in [2.24, 2.45) is 0 Å². The predicted octanol–water partition coefficient (Wildman–Crippen LogP) is 2.77. The number of carbonyl (C=O) groups is 2. The van der Waals surface area contributed by atoms with E-state index in [0.717, 1.165) is 42.9 Å². The molecule has 2 aliphatic rings. The van der Waals surface area contributed by atoms with Gasteiger partial charge in [-0.15, -0.1) is 0 Å². The fourth-order valence-electron chi connectivity index (χ4n) is 3.24. The van der Waals surface area contributed by atoms with Crippen LogP contribution in [0.25, 0.3) is 0 Å². The second-order valence-electron chi connectivity index (χ2n) is 5.97. The standard InChI is InChI=1S/C18H20N2O2/c1-12(2)13(3)19-10-8-14(9-11-19)20-16-7-5-4-6-15(16)17(21)18(20)22/h4-7,14H,1,3,8-11H2,2H3. The number of benzene rings is 1. The van der Waals surface area contributed by atoms with Gasteiger partial charge in [0.1, 0.15) is 0 Å². The normalized spacial score (nSPS) is 18.6. The molecule has 2 aliphatic heterocycles. The zero-order valence-electron chi connectivity index (χ0n) is 12.8. The third-order valence-electron chi connectivity index (χ3n) is 4.53. The van der Waals surface area contributed by atoms with Crippen LogP contribution < -0.4 is 4.90 Å². The molecule has 0 atom stereocenters. The van der Waals surface area contributed by atoms with E-state index in [1.165, 1.54) is 0 Å². The third kappa shape index (κ3) is 2.25. The Bertz CT molecular complexity index is 669. The minimum atomic E-state index is -0.390. The van der Waals surface area contributed by atoms with E-state index in [-0.39, 0.29) is 11.8 Å². The number of amides is 1. The first-order valence-corrected chi connectivity index (χ1v) is 7.57. The minimum Gasteiger partial charge on any atom is -0.372 e. The molecule has 2 heterocycles. The third-order valence-corrected chi connectivity index (χ3v) is 4.53. The number of piperidine rings is 1. The molecular weight excluding hydrogens is 276 g/mol. The number of para-hydroxylation sites is 1. The Morgan fingerprint density at radius 2 is 1.77 bits per heavy atom. The van der Waals surface area contributed by atoms with Crippen molar-refractivity contribution in [2.45, 2.75) is 25.8 Å². The molecule has 1 amide bonds. The van der Waals surface area contributed by atoms with E-state index in [1.807, 2.05) is 19.1 Å². The van der Waals surface area contributed by atoms with Crippen LogP contribution in [0.1, 0.15) is 30.1 Å². The van der Waals surface area contributed by atoms with Crippen molar-refractivity contribution < 1.29 is 9.59 Å². The molecule has 1 aromatic rings. The summed E-state index contributed by atoms with van der Waals surface area (Å²) in [6.07, 6.45) is 1.67. The smallest absolute Gasteiger partial charge is 0.299 e. The molecule has 0 saturated carbocycles. The molecule has 1 aromatic carbocycles. The van der Waals surface area contributed by atoms with Gasteiger partial charge in [-0.3, -0.25) is 9.59 Å². The van der Waals surface area contributed by atoms with E-state index in [9.17, 15) is 9.59 Å². The monoisotopic (exact) mass is 296 g/mol. The topological polar surface area (TPSA) is 40.6 Å². The van der Waals surface area contributed by atoms with Gasteiger partial charge < -0.3 is 9.80 Å². The summed E-state index contributed by atoms with van der Waals surface area (Å²) >= 11 is 0. The van der Waals surface area contributed by atoms with Gasteiger partial charge in [0.2, 0.25) is 0 Å². The Balaban J connectivity index is 1.77. The van der Waals surface area contributed by atoms with E-state index >= 15 is 0 Å². The van der Waals surface area contributed by atoms with E-state index in [2.05, 4.69) is 18.1 Å². The molecule has 1 saturated heterocycles. The molecule has 0 unspecified atom stereocenters. The lowest BCUT2D eigenvalue weighted by Gasteiger charge is -2.38. The molecule has 114 valence electrons. The highest BCUT2D eigenvalue weighted by Gasteiger charge is 2.40. The lowest BCUT2D eigenvalue weighted by Crippen LogP contribution is -2.46. The number of Topliss-reactive ketones (excluding diaryl/α,β-unsaturated/α-hetero) is 1. The molecule has 4 heteroatoms. The van der Waals surface area contributed by atoms with Crippen LogP contribution in [0.4, 0.5) is 5.69 Å². The SMILES string of the molecule is C=C(C)C(=C)N1CCC(N2C(=O)C(=O)c3ccccc32)CC1. The fourth-order valence-corrected chi connectivity index (χ4v) is 3.24. The van der Waals surface area contributed by atoms with E-state index < -0.39 is 5.91 Å². The molecular formula is C18H20N2O2. The van der Waals surface area contributed by atoms with Crippen molar-refractivity contribution in [2.75, 3.05) is 18.0 Å². The maximum atomic E-state index is 12.3. The zero-order valence-corrected chi connectivity index (χ0v) is 12.8. The molecule has 22 heavy (non-hydrogen) atoms. The quantitative estimate of drug-likeness (QED) is 0.636. The molecule has 1 fully saturated rings. The van der Waals surface area contributed by atoms with Crippen molar-refractivity contribution in [3.05, 3.63) is 54.3 Å². The average molecular weight is 296 g/mol. The van der Waals surface area contributed by atoms with Crippen LogP contribution >= 0.6 is 0 Å². The first kappa shape index (κ1) is 14.6. The number of nitrogens with zero attached hydrogens (tertiary/aromatic N) is 2. The number of hydrogen-bond donors (Lipinski definition) is 0. The molecule has 3 rings (SSSR count). The Kier molecular flexibility index (Phi) is 3.61. The number of hydrogen-bond acceptors (Lipinski definition) is 3. The Morgan fingerprint density at radius 3 is 2.41 bits per heavy atom. The number of anilines is 1. The van der Waals surface area contributed by atoms with E-state index in [4.69, 9.17) is 0 Å². The molecule has 0 aliphatic carbocycles. The summed E-state index contributed by atoms with van der Waals surface area (Å²) in [4.78, 5) is 28.3. The first-order chi connectivity index (χ1) is 10.5. The summed E-state index contributed by atoms with van der Waals surface area (Å²) in [7, 11) is 0. The highest BCUT2D eigenvalue weighted by molar-refractivity contribution is 6.52. The van der Waals surface area contributed by atoms with Crippen LogP contribution in [0.5, 0.6) is 0 Å². The maximum absolute atomic E-state index is 12.3. The lowest BCUT2D eigenvalue weighted by molar-refractivity contribution is -0.114. The van der Waals surface area contributed by atoms with Crippen LogP contribution in [-0.2, 0) is 4.79 Å². The summed E-state index contributed by atoms with van der Waals surface area (Å²) < 4.78 is 0. The first-order valence-electron chi connectivity index (χ1n) is 7.57. The van der Waals surface area contributed by atoms with E-state index in [1.54, 1.807) is 17.0 Å². The maximum Gasteiger partial charge on any atom is 0.299 e. The summed E-state index contributed by atoms with van der Waals surface area (Å²) in [5, 5.41) is 0. The molecule has 0 radical (unpaired) electrons. The Hall–Kier alpha value is -2.36. The van der Waals surface area contributed by atoms with Gasteiger partial charge in [-0.1, -0.05) is 25.3 Å². The minimum absolute atomic E-state index is 0.0780. The summed E-state index contributed by atoms with van der Waals surface area (Å²) in [6.45, 7) is 11.6. The van der Waals surface area contributed by atoms with E-state index in [0.29, 0.717) is 5.56 Å². The molecule has 4 nitrogen and oxygen atoms in total. The van der Waals surface area contributed by atoms with Gasteiger partial charge in [-0.2, -0.15) is 0 Å². The summed E-state index contributed by atoms with van der Waals surface area (Å²) in [6, 6.07) is 7.34. The van der Waals surface area contributed by atoms with Gasteiger partial charge in [0.05, 0.1) is 11.3 Å². The second-order valence-corrected chi connectivity index (χ2v) is 5.97. The largest absolute Gasteiger partial charge is 0.372 e. The second kappa shape index (κ2) is 5.44. The van der Waals surface area contributed by atoms with Crippen LogP contribution in [-0.4, -0.2) is 35.7 Å². The van der Waals surface area contributed by atoms with Crippen LogP contribution in [0.2, 0.25) is 0 Å². The van der Waals surface area contributed by atoms with Crippen LogP contribution in [0.15, 0.2) is 48.7 Å². The number of likely N-dealkylation sites (tertiary alicyclic amines) is 1. The van der Waals surface area contributed by atoms with Crippen molar-refractivity contribution in [1.29, 1.82) is 0 Å². The number of fused-ring (bicyclic) bond motifs is 1. The van der Waals surface area contributed by atoms with Gasteiger partial charge in [0.25, 0.3) is 11.7 Å².